The maximum Gasteiger partial charge on any atom is 0.407 e. The lowest BCUT2D eigenvalue weighted by atomic mass is 9.58. The van der Waals surface area contributed by atoms with Gasteiger partial charge < -0.3 is 24.3 Å². The Morgan fingerprint density at radius 3 is 2.37 bits per heavy atom. The summed E-state index contributed by atoms with van der Waals surface area (Å²) in [5.74, 6) is 0.130. The molecule has 1 unspecified atom stereocenters. The fourth-order valence-electron chi connectivity index (χ4n) is 5.76. The molecule has 1 atom stereocenters. The average molecular weight is 418 g/mol. The van der Waals surface area contributed by atoms with E-state index in [9.17, 15) is 4.79 Å². The highest BCUT2D eigenvalue weighted by Crippen LogP contribution is 2.53. The molecule has 6 heteroatoms. The van der Waals surface area contributed by atoms with Crippen LogP contribution in [0, 0.1) is 11.3 Å². The Bertz CT molecular complexity index is 672. The molecule has 1 spiro atoms. The van der Waals surface area contributed by atoms with Crippen molar-refractivity contribution in [3.05, 3.63) is 35.9 Å². The van der Waals surface area contributed by atoms with Crippen LogP contribution in [0.15, 0.2) is 30.3 Å². The Hall–Kier alpha value is -1.63. The Morgan fingerprint density at radius 2 is 1.73 bits per heavy atom. The van der Waals surface area contributed by atoms with Crippen LogP contribution in [-0.2, 0) is 25.6 Å². The number of rotatable bonds is 6. The number of benzene rings is 1. The minimum absolute atomic E-state index is 0.0326. The molecule has 2 saturated heterocycles. The fourth-order valence-corrected chi connectivity index (χ4v) is 5.76. The van der Waals surface area contributed by atoms with Gasteiger partial charge in [-0.3, -0.25) is 0 Å². The summed E-state index contributed by atoms with van der Waals surface area (Å²) >= 11 is 0. The molecule has 0 bridgehead atoms. The summed E-state index contributed by atoms with van der Waals surface area (Å²) in [6.07, 6.45) is 6.42. The van der Waals surface area contributed by atoms with Crippen LogP contribution in [0.4, 0.5) is 4.79 Å². The third kappa shape index (κ3) is 4.66. The van der Waals surface area contributed by atoms with E-state index in [1.807, 2.05) is 30.3 Å². The van der Waals surface area contributed by atoms with Crippen LogP contribution in [0.2, 0.25) is 0 Å². The number of hydrogen-bond acceptors (Lipinski definition) is 5. The average Bonchev–Trinajstić information content (AvgIpc) is 3.26. The van der Waals surface area contributed by atoms with Crippen molar-refractivity contribution in [1.29, 1.82) is 0 Å². The molecule has 3 fully saturated rings. The van der Waals surface area contributed by atoms with E-state index in [-0.39, 0.29) is 24.2 Å². The predicted molar refractivity (Wildman–Crippen MR) is 113 cm³/mol. The molecule has 4 rings (SSSR count). The van der Waals surface area contributed by atoms with Crippen molar-refractivity contribution in [2.45, 2.75) is 70.3 Å². The second kappa shape index (κ2) is 9.67. The molecule has 3 aliphatic rings. The molecule has 0 radical (unpaired) electrons. The summed E-state index contributed by atoms with van der Waals surface area (Å²) in [4.78, 5) is 12.7. The molecule has 6 nitrogen and oxygen atoms in total. The highest BCUT2D eigenvalue weighted by atomic mass is 16.7. The van der Waals surface area contributed by atoms with Crippen LogP contribution < -0.4 is 5.32 Å². The molecular weight excluding hydrogens is 382 g/mol. The fraction of sp³-hybridized carbons (Fsp3) is 0.708. The third-order valence-corrected chi connectivity index (χ3v) is 7.40. The maximum absolute atomic E-state index is 12.7. The quantitative estimate of drug-likeness (QED) is 0.742. The Labute approximate surface area is 179 Å². The van der Waals surface area contributed by atoms with Gasteiger partial charge in [-0.2, -0.15) is 0 Å². The van der Waals surface area contributed by atoms with Gasteiger partial charge in [0.25, 0.3) is 0 Å². The Balaban J connectivity index is 1.44. The third-order valence-electron chi connectivity index (χ3n) is 7.40. The first-order chi connectivity index (χ1) is 14.7. The molecule has 1 aliphatic carbocycles. The highest BCUT2D eigenvalue weighted by Gasteiger charge is 2.53. The number of alkyl carbamates (subject to hydrolysis) is 1. The van der Waals surface area contributed by atoms with Crippen molar-refractivity contribution in [3.8, 4) is 0 Å². The summed E-state index contributed by atoms with van der Waals surface area (Å²) in [5.41, 5.74) is 1.03. The molecule has 1 N–H and O–H groups in total. The summed E-state index contributed by atoms with van der Waals surface area (Å²) in [7, 11) is 0. The van der Waals surface area contributed by atoms with E-state index in [1.165, 1.54) is 0 Å². The summed E-state index contributed by atoms with van der Waals surface area (Å²) in [5, 5.41) is 3.24. The minimum Gasteiger partial charge on any atom is -0.445 e. The second-order valence-corrected chi connectivity index (χ2v) is 8.89. The van der Waals surface area contributed by atoms with E-state index >= 15 is 0 Å². The number of carbonyl (C=O) groups is 1. The smallest absolute Gasteiger partial charge is 0.407 e. The van der Waals surface area contributed by atoms with Crippen molar-refractivity contribution in [2.75, 3.05) is 26.4 Å². The molecular formula is C24H35NO5. The Kier molecular flexibility index (Phi) is 6.96. The van der Waals surface area contributed by atoms with Crippen molar-refractivity contribution >= 4 is 6.09 Å². The number of carbonyl (C=O) groups excluding carboxylic acids is 1. The first-order valence-corrected chi connectivity index (χ1v) is 11.5. The molecule has 0 aromatic heterocycles. The largest absolute Gasteiger partial charge is 0.445 e. The van der Waals surface area contributed by atoms with Crippen LogP contribution in [0.3, 0.4) is 0 Å². The normalized spacial score (nSPS) is 24.4. The summed E-state index contributed by atoms with van der Waals surface area (Å²) in [6.45, 7) is 5.43. The zero-order valence-electron chi connectivity index (χ0n) is 18.1. The van der Waals surface area contributed by atoms with Crippen molar-refractivity contribution in [2.24, 2.45) is 11.3 Å². The molecule has 1 amide bonds. The predicted octanol–water partition coefficient (Wildman–Crippen LogP) is 4.42. The Morgan fingerprint density at radius 1 is 1.07 bits per heavy atom. The maximum atomic E-state index is 12.7. The first kappa shape index (κ1) is 21.6. The van der Waals surface area contributed by atoms with Crippen LogP contribution in [0.25, 0.3) is 0 Å². The lowest BCUT2D eigenvalue weighted by molar-refractivity contribution is -0.202. The second-order valence-electron chi connectivity index (χ2n) is 8.89. The van der Waals surface area contributed by atoms with Crippen molar-refractivity contribution in [1.82, 2.24) is 5.32 Å². The van der Waals surface area contributed by atoms with Gasteiger partial charge in [-0.15, -0.1) is 0 Å². The van der Waals surface area contributed by atoms with Crippen LogP contribution in [0.1, 0.15) is 57.4 Å². The molecule has 166 valence electrons. The summed E-state index contributed by atoms with van der Waals surface area (Å²) in [6, 6.07) is 9.88. The molecule has 1 aromatic rings. The minimum atomic E-state index is -0.402. The standard InChI is InChI=1S/C24H35NO5/c1-2-21(25-22(26)28-18-19-6-4-3-5-7-19)23(20-8-14-27-15-9-20)10-12-24(13-11-23)29-16-17-30-24/h3-7,20-21H,2,8-18H2,1H3,(H,25,26). The first-order valence-electron chi connectivity index (χ1n) is 11.5. The van der Waals surface area contributed by atoms with E-state index in [4.69, 9.17) is 18.9 Å². The van der Waals surface area contributed by atoms with Crippen molar-refractivity contribution < 1.29 is 23.7 Å². The van der Waals surface area contributed by atoms with E-state index in [0.717, 1.165) is 63.7 Å². The molecule has 1 saturated carbocycles. The van der Waals surface area contributed by atoms with Gasteiger partial charge in [-0.1, -0.05) is 37.3 Å². The molecule has 2 aliphatic heterocycles. The van der Waals surface area contributed by atoms with Gasteiger partial charge >= 0.3 is 6.09 Å². The lowest BCUT2D eigenvalue weighted by Gasteiger charge is -2.52. The number of ether oxygens (including phenoxy) is 4. The highest BCUT2D eigenvalue weighted by molar-refractivity contribution is 5.67. The van der Waals surface area contributed by atoms with Gasteiger partial charge in [0.2, 0.25) is 0 Å². The zero-order chi connectivity index (χ0) is 20.9. The van der Waals surface area contributed by atoms with Gasteiger partial charge in [0.15, 0.2) is 5.79 Å². The van der Waals surface area contributed by atoms with Crippen LogP contribution >= 0.6 is 0 Å². The summed E-state index contributed by atoms with van der Waals surface area (Å²) < 4.78 is 23.2. The molecule has 1 aromatic carbocycles. The van der Waals surface area contributed by atoms with E-state index in [0.29, 0.717) is 19.1 Å². The number of amides is 1. The molecule has 2 heterocycles. The number of nitrogens with one attached hydrogen (secondary N) is 1. The van der Waals surface area contributed by atoms with E-state index in [2.05, 4.69) is 12.2 Å². The molecule has 30 heavy (non-hydrogen) atoms. The van der Waals surface area contributed by atoms with Gasteiger partial charge in [0, 0.05) is 32.1 Å². The van der Waals surface area contributed by atoms with Gasteiger partial charge in [-0.25, -0.2) is 4.79 Å². The van der Waals surface area contributed by atoms with E-state index < -0.39 is 5.79 Å². The van der Waals surface area contributed by atoms with Crippen LogP contribution in [0.5, 0.6) is 0 Å². The van der Waals surface area contributed by atoms with Gasteiger partial charge in [-0.05, 0) is 49.0 Å². The van der Waals surface area contributed by atoms with Gasteiger partial charge in [0.1, 0.15) is 6.61 Å². The van der Waals surface area contributed by atoms with Crippen molar-refractivity contribution in [3.63, 3.8) is 0 Å². The monoisotopic (exact) mass is 417 g/mol. The van der Waals surface area contributed by atoms with Crippen LogP contribution in [-0.4, -0.2) is 44.3 Å². The van der Waals surface area contributed by atoms with Gasteiger partial charge in [0.05, 0.1) is 13.2 Å². The number of hydrogen-bond donors (Lipinski definition) is 1. The van der Waals surface area contributed by atoms with E-state index in [1.54, 1.807) is 0 Å². The lowest BCUT2D eigenvalue weighted by Crippen LogP contribution is -2.56. The topological polar surface area (TPSA) is 66.0 Å². The zero-order valence-corrected chi connectivity index (χ0v) is 18.1. The SMILES string of the molecule is CCC(NC(=O)OCc1ccccc1)C1(C2CCOCC2)CCC2(CC1)OCCO2.